The highest BCUT2D eigenvalue weighted by Gasteiger charge is 2.15. The summed E-state index contributed by atoms with van der Waals surface area (Å²) in [7, 11) is 0. The zero-order valence-corrected chi connectivity index (χ0v) is 12.8. The molecule has 0 unspecified atom stereocenters. The van der Waals surface area contributed by atoms with Crippen LogP contribution in [0.15, 0.2) is 42.5 Å². The molecule has 1 aliphatic carbocycles. The predicted octanol–water partition coefficient (Wildman–Crippen LogP) is 4.50. The van der Waals surface area contributed by atoms with Crippen LogP contribution in [0.3, 0.4) is 0 Å². The molecule has 3 rings (SSSR count). The second-order valence-electron chi connectivity index (χ2n) is 5.97. The third kappa shape index (κ3) is 3.11. The average Bonchev–Trinajstić information content (AvgIpc) is 2.52. The van der Waals surface area contributed by atoms with E-state index >= 15 is 0 Å². The summed E-state index contributed by atoms with van der Waals surface area (Å²) in [6, 6.07) is 14.0. The Hall–Kier alpha value is -2.35. The van der Waals surface area contributed by atoms with Gasteiger partial charge in [0.15, 0.2) is 0 Å². The van der Waals surface area contributed by atoms with Gasteiger partial charge in [-0.3, -0.25) is 0 Å². The lowest BCUT2D eigenvalue weighted by atomic mass is 9.88. The summed E-state index contributed by atoms with van der Waals surface area (Å²) in [6.07, 6.45) is 6.36. The van der Waals surface area contributed by atoms with Crippen LogP contribution in [0.4, 0.5) is 0 Å². The maximum atomic E-state index is 11.7. The molecule has 22 heavy (non-hydrogen) atoms. The molecule has 0 radical (unpaired) electrons. The van der Waals surface area contributed by atoms with Crippen molar-refractivity contribution in [3.05, 3.63) is 70.3 Å². The number of carbonyl (C=O) groups is 1. The molecule has 0 aromatic heterocycles. The van der Waals surface area contributed by atoms with Gasteiger partial charge in [0.1, 0.15) is 0 Å². The van der Waals surface area contributed by atoms with Gasteiger partial charge >= 0.3 is 5.97 Å². The largest absolute Gasteiger partial charge is 0.478 e. The Morgan fingerprint density at radius 1 is 1.05 bits per heavy atom. The molecule has 0 fully saturated rings. The minimum atomic E-state index is -0.878. The zero-order valence-electron chi connectivity index (χ0n) is 12.8. The van der Waals surface area contributed by atoms with Crippen molar-refractivity contribution < 1.29 is 9.90 Å². The Labute approximate surface area is 131 Å². The van der Waals surface area contributed by atoms with Gasteiger partial charge in [-0.1, -0.05) is 48.0 Å². The number of hydrogen-bond donors (Lipinski definition) is 1. The standard InChI is InChI=1S/C20H20O2/c1-14-5-4-6-15(11-14)12-19(20(21)22)18-10-9-16-7-2-3-8-17(16)13-18/h4-6,9-13H,2-3,7-8H2,1H3,(H,21,22)/b19-12-. The third-order valence-electron chi connectivity index (χ3n) is 4.24. The molecule has 2 aromatic carbocycles. The van der Waals surface area contributed by atoms with Gasteiger partial charge < -0.3 is 5.11 Å². The third-order valence-corrected chi connectivity index (χ3v) is 4.24. The van der Waals surface area contributed by atoms with Gasteiger partial charge in [-0.15, -0.1) is 0 Å². The molecule has 112 valence electrons. The van der Waals surface area contributed by atoms with Gasteiger partial charge in [-0.25, -0.2) is 4.79 Å². The minimum absolute atomic E-state index is 0.360. The van der Waals surface area contributed by atoms with E-state index in [1.165, 1.54) is 24.0 Å². The van der Waals surface area contributed by atoms with Crippen LogP contribution in [0, 0.1) is 6.92 Å². The number of rotatable bonds is 3. The fourth-order valence-corrected chi connectivity index (χ4v) is 3.10. The van der Waals surface area contributed by atoms with Gasteiger partial charge in [0.2, 0.25) is 0 Å². The van der Waals surface area contributed by atoms with E-state index in [0.717, 1.165) is 29.5 Å². The quantitative estimate of drug-likeness (QED) is 0.668. The summed E-state index contributed by atoms with van der Waals surface area (Å²) >= 11 is 0. The monoisotopic (exact) mass is 292 g/mol. The van der Waals surface area contributed by atoms with Crippen molar-refractivity contribution in [3.8, 4) is 0 Å². The number of benzene rings is 2. The van der Waals surface area contributed by atoms with Gasteiger partial charge in [0.05, 0.1) is 5.57 Å². The SMILES string of the molecule is Cc1cccc(/C=C(\C(=O)O)c2ccc3c(c2)CCCC3)c1. The molecule has 2 heteroatoms. The summed E-state index contributed by atoms with van der Waals surface area (Å²) in [6.45, 7) is 2.01. The van der Waals surface area contributed by atoms with Crippen LogP contribution in [-0.2, 0) is 17.6 Å². The van der Waals surface area contributed by atoms with Gasteiger partial charge in [-0.2, -0.15) is 0 Å². The van der Waals surface area contributed by atoms with Crippen LogP contribution in [0.25, 0.3) is 11.6 Å². The van der Waals surface area contributed by atoms with Crippen LogP contribution in [0.1, 0.15) is 40.7 Å². The maximum Gasteiger partial charge on any atom is 0.336 e. The number of aryl methyl sites for hydroxylation is 3. The first-order valence-corrected chi connectivity index (χ1v) is 7.77. The molecule has 0 atom stereocenters. The Morgan fingerprint density at radius 3 is 2.55 bits per heavy atom. The molecule has 0 saturated heterocycles. The molecule has 0 heterocycles. The van der Waals surface area contributed by atoms with Crippen LogP contribution in [0.5, 0.6) is 0 Å². The van der Waals surface area contributed by atoms with Crippen LogP contribution >= 0.6 is 0 Å². The molecule has 1 N–H and O–H groups in total. The summed E-state index contributed by atoms with van der Waals surface area (Å²) in [5.41, 5.74) is 5.89. The highest BCUT2D eigenvalue weighted by Crippen LogP contribution is 2.26. The van der Waals surface area contributed by atoms with E-state index in [1.807, 2.05) is 37.3 Å². The Bertz CT molecular complexity index is 741. The first kappa shape index (κ1) is 14.6. The second kappa shape index (κ2) is 6.18. The topological polar surface area (TPSA) is 37.3 Å². The molecule has 1 aliphatic rings. The van der Waals surface area contributed by atoms with Crippen molar-refractivity contribution >= 4 is 17.6 Å². The van der Waals surface area contributed by atoms with Crippen LogP contribution in [0.2, 0.25) is 0 Å². The van der Waals surface area contributed by atoms with Crippen molar-refractivity contribution in [3.63, 3.8) is 0 Å². The smallest absolute Gasteiger partial charge is 0.336 e. The molecule has 0 spiro atoms. The van der Waals surface area contributed by atoms with E-state index in [4.69, 9.17) is 0 Å². The molecule has 2 aromatic rings. The number of fused-ring (bicyclic) bond motifs is 1. The number of hydrogen-bond acceptors (Lipinski definition) is 1. The van der Waals surface area contributed by atoms with Crippen molar-refractivity contribution in [2.45, 2.75) is 32.6 Å². The molecule has 0 amide bonds. The number of carboxylic acid groups (broad SMARTS) is 1. The van der Waals surface area contributed by atoms with E-state index in [-0.39, 0.29) is 0 Å². The summed E-state index contributed by atoms with van der Waals surface area (Å²) in [5.74, 6) is -0.878. The number of aliphatic carboxylic acids is 1. The molecule has 2 nitrogen and oxygen atoms in total. The average molecular weight is 292 g/mol. The molecule has 0 bridgehead atoms. The minimum Gasteiger partial charge on any atom is -0.478 e. The van der Waals surface area contributed by atoms with Crippen molar-refractivity contribution in [1.82, 2.24) is 0 Å². The Morgan fingerprint density at radius 2 is 1.82 bits per heavy atom. The van der Waals surface area contributed by atoms with Gasteiger partial charge in [0.25, 0.3) is 0 Å². The Kier molecular flexibility index (Phi) is 4.10. The summed E-state index contributed by atoms with van der Waals surface area (Å²) in [5, 5.41) is 9.59. The number of carboxylic acids is 1. The molecule has 0 saturated carbocycles. The summed E-state index contributed by atoms with van der Waals surface area (Å²) < 4.78 is 0. The lowest BCUT2D eigenvalue weighted by molar-refractivity contribution is -0.130. The fourth-order valence-electron chi connectivity index (χ4n) is 3.10. The fraction of sp³-hybridized carbons (Fsp3) is 0.250. The van der Waals surface area contributed by atoms with Gasteiger partial charge in [-0.05, 0) is 60.9 Å². The van der Waals surface area contributed by atoms with Crippen LogP contribution in [-0.4, -0.2) is 11.1 Å². The van der Waals surface area contributed by atoms with Crippen molar-refractivity contribution in [1.29, 1.82) is 0 Å². The van der Waals surface area contributed by atoms with Crippen molar-refractivity contribution in [2.24, 2.45) is 0 Å². The van der Waals surface area contributed by atoms with Gasteiger partial charge in [0, 0.05) is 0 Å². The highest BCUT2D eigenvalue weighted by molar-refractivity contribution is 6.20. The maximum absolute atomic E-state index is 11.7. The highest BCUT2D eigenvalue weighted by atomic mass is 16.4. The molecular formula is C20H20O2. The normalized spacial score (nSPS) is 14.5. The zero-order chi connectivity index (χ0) is 15.5. The summed E-state index contributed by atoms with van der Waals surface area (Å²) in [4.78, 5) is 11.7. The van der Waals surface area contributed by atoms with Crippen LogP contribution < -0.4 is 0 Å². The van der Waals surface area contributed by atoms with E-state index in [0.29, 0.717) is 5.57 Å². The lowest BCUT2D eigenvalue weighted by Gasteiger charge is -2.16. The van der Waals surface area contributed by atoms with E-state index in [2.05, 4.69) is 12.1 Å². The van der Waals surface area contributed by atoms with E-state index in [9.17, 15) is 9.90 Å². The first-order valence-electron chi connectivity index (χ1n) is 7.77. The second-order valence-corrected chi connectivity index (χ2v) is 5.97. The lowest BCUT2D eigenvalue weighted by Crippen LogP contribution is -2.05. The predicted molar refractivity (Wildman–Crippen MR) is 89.8 cm³/mol. The van der Waals surface area contributed by atoms with E-state index < -0.39 is 5.97 Å². The Balaban J connectivity index is 2.03. The molecular weight excluding hydrogens is 272 g/mol. The van der Waals surface area contributed by atoms with Crippen molar-refractivity contribution in [2.75, 3.05) is 0 Å². The molecule has 0 aliphatic heterocycles. The van der Waals surface area contributed by atoms with E-state index in [1.54, 1.807) is 6.08 Å². The first-order chi connectivity index (χ1) is 10.6.